The van der Waals surface area contributed by atoms with Crippen LogP contribution in [0.1, 0.15) is 15.9 Å². The molecule has 30 heavy (non-hydrogen) atoms. The van der Waals surface area contributed by atoms with Crippen molar-refractivity contribution in [1.82, 2.24) is 0 Å². The van der Waals surface area contributed by atoms with E-state index >= 15 is 0 Å². The van der Waals surface area contributed by atoms with Crippen LogP contribution in [0.3, 0.4) is 0 Å². The molecule has 0 aliphatic carbocycles. The summed E-state index contributed by atoms with van der Waals surface area (Å²) in [5, 5.41) is 2.95. The Hall–Kier alpha value is -2.90. The van der Waals surface area contributed by atoms with Crippen molar-refractivity contribution in [1.29, 1.82) is 0 Å². The number of nitrogens with one attached hydrogen (secondary N) is 3. The molecule has 3 rings (SSSR count). The molecule has 7 nitrogen and oxygen atoms in total. The first-order valence-electron chi connectivity index (χ1n) is 10.4. The Bertz CT molecular complexity index is 849. The van der Waals surface area contributed by atoms with Crippen molar-refractivity contribution in [2.24, 2.45) is 0 Å². The third kappa shape index (κ3) is 6.30. The second kappa shape index (κ2) is 10.8. The lowest BCUT2D eigenvalue weighted by molar-refractivity contribution is -1.01. The largest absolute Gasteiger partial charge is 0.488 e. The summed E-state index contributed by atoms with van der Waals surface area (Å²) >= 11 is 0. The van der Waals surface area contributed by atoms with E-state index in [9.17, 15) is 9.59 Å². The molecule has 0 aromatic heterocycles. The number of anilines is 1. The number of amides is 1. The van der Waals surface area contributed by atoms with Gasteiger partial charge in [-0.2, -0.15) is 0 Å². The van der Waals surface area contributed by atoms with Gasteiger partial charge in [0.2, 0.25) is 0 Å². The van der Waals surface area contributed by atoms with E-state index in [4.69, 9.17) is 9.47 Å². The third-order valence-corrected chi connectivity index (χ3v) is 5.48. The van der Waals surface area contributed by atoms with Gasteiger partial charge in [-0.3, -0.25) is 4.79 Å². The summed E-state index contributed by atoms with van der Waals surface area (Å²) in [5.74, 6) is 0.460. The number of quaternary nitrogens is 2. The van der Waals surface area contributed by atoms with Crippen LogP contribution in [0.25, 0.3) is 0 Å². The van der Waals surface area contributed by atoms with Gasteiger partial charge in [0.25, 0.3) is 5.91 Å². The highest BCUT2D eigenvalue weighted by Crippen LogP contribution is 2.17. The number of hydrogen-bond acceptors (Lipinski definition) is 4. The molecule has 1 heterocycles. The monoisotopic (exact) mass is 413 g/mol. The Balaban J connectivity index is 1.40. The molecule has 1 amide bonds. The number of rotatable bonds is 8. The summed E-state index contributed by atoms with van der Waals surface area (Å²) in [7, 11) is 1.35. The summed E-state index contributed by atoms with van der Waals surface area (Å²) in [6, 6.07) is 15.1. The summed E-state index contributed by atoms with van der Waals surface area (Å²) in [5.41, 5.74) is 2.00. The maximum atomic E-state index is 12.5. The summed E-state index contributed by atoms with van der Waals surface area (Å²) in [6.45, 7) is 7.96. The fourth-order valence-corrected chi connectivity index (χ4v) is 3.64. The Morgan fingerprint density at radius 1 is 1.00 bits per heavy atom. The zero-order valence-corrected chi connectivity index (χ0v) is 17.7. The number of piperazine rings is 1. The van der Waals surface area contributed by atoms with Gasteiger partial charge < -0.3 is 24.6 Å². The maximum Gasteiger partial charge on any atom is 0.337 e. The molecule has 1 aliphatic rings. The van der Waals surface area contributed by atoms with E-state index in [1.54, 1.807) is 12.1 Å². The molecule has 1 fully saturated rings. The van der Waals surface area contributed by atoms with E-state index < -0.39 is 5.97 Å². The van der Waals surface area contributed by atoms with E-state index in [1.165, 1.54) is 16.9 Å². The number of para-hydroxylation sites is 1. The van der Waals surface area contributed by atoms with Gasteiger partial charge in [0.15, 0.2) is 6.54 Å². The van der Waals surface area contributed by atoms with Gasteiger partial charge in [0.1, 0.15) is 45.1 Å². The molecule has 0 bridgehead atoms. The smallest absolute Gasteiger partial charge is 0.337 e. The first-order valence-corrected chi connectivity index (χ1v) is 10.4. The van der Waals surface area contributed by atoms with E-state index in [0.717, 1.165) is 44.0 Å². The average molecular weight is 414 g/mol. The Morgan fingerprint density at radius 2 is 1.70 bits per heavy atom. The summed E-state index contributed by atoms with van der Waals surface area (Å²) in [6.07, 6.45) is 0. The molecule has 0 atom stereocenters. The highest BCUT2D eigenvalue weighted by atomic mass is 16.5. The lowest BCUT2D eigenvalue weighted by Crippen LogP contribution is -3.28. The second-order valence-corrected chi connectivity index (χ2v) is 7.66. The standard InChI is InChI=1S/C23H29N3O4/c1-18-8-9-19(23(28)29-2)16-21(18)24-22(27)17-26-12-10-25(11-13-26)14-15-30-20-6-4-3-5-7-20/h3-9,16H,10-15,17H2,1-2H3,(H,24,27)/p+2. The molecule has 0 radical (unpaired) electrons. The molecule has 1 saturated heterocycles. The molecule has 160 valence electrons. The SMILES string of the molecule is COC(=O)c1ccc(C)c(NC(=O)C[NH+]2CC[NH+](CCOc3ccccc3)CC2)c1. The quantitative estimate of drug-likeness (QED) is 0.514. The first-order chi connectivity index (χ1) is 14.5. The predicted octanol–water partition coefficient (Wildman–Crippen LogP) is -0.417. The fraction of sp³-hybridized carbons (Fsp3) is 0.391. The van der Waals surface area contributed by atoms with Crippen molar-refractivity contribution in [3.63, 3.8) is 0 Å². The summed E-state index contributed by atoms with van der Waals surface area (Å²) in [4.78, 5) is 27.0. The molecule has 0 unspecified atom stereocenters. The number of aryl methyl sites for hydroxylation is 1. The van der Waals surface area contributed by atoms with Gasteiger partial charge in [-0.1, -0.05) is 24.3 Å². The van der Waals surface area contributed by atoms with Gasteiger partial charge in [-0.05, 0) is 36.8 Å². The molecule has 2 aromatic rings. The van der Waals surface area contributed by atoms with Gasteiger partial charge in [-0.25, -0.2) is 4.79 Å². The van der Waals surface area contributed by atoms with Crippen LogP contribution in [0.4, 0.5) is 5.69 Å². The highest BCUT2D eigenvalue weighted by molar-refractivity contribution is 5.95. The van der Waals surface area contributed by atoms with Crippen LogP contribution >= 0.6 is 0 Å². The number of carbonyl (C=O) groups excluding carboxylic acids is 2. The van der Waals surface area contributed by atoms with Crippen molar-refractivity contribution < 1.29 is 28.9 Å². The topological polar surface area (TPSA) is 73.5 Å². The lowest BCUT2D eigenvalue weighted by atomic mass is 10.1. The molecular weight excluding hydrogens is 382 g/mol. The predicted molar refractivity (Wildman–Crippen MR) is 114 cm³/mol. The molecule has 2 aromatic carbocycles. The van der Waals surface area contributed by atoms with Crippen LogP contribution in [0.2, 0.25) is 0 Å². The van der Waals surface area contributed by atoms with Crippen molar-refractivity contribution >= 4 is 17.6 Å². The van der Waals surface area contributed by atoms with Crippen molar-refractivity contribution in [3.8, 4) is 5.75 Å². The van der Waals surface area contributed by atoms with E-state index in [0.29, 0.717) is 24.4 Å². The zero-order valence-electron chi connectivity index (χ0n) is 17.7. The number of methoxy groups -OCH3 is 1. The van der Waals surface area contributed by atoms with E-state index in [-0.39, 0.29) is 5.91 Å². The van der Waals surface area contributed by atoms with Gasteiger partial charge >= 0.3 is 5.97 Å². The third-order valence-electron chi connectivity index (χ3n) is 5.48. The summed E-state index contributed by atoms with van der Waals surface area (Å²) < 4.78 is 10.5. The van der Waals surface area contributed by atoms with Gasteiger partial charge in [-0.15, -0.1) is 0 Å². The highest BCUT2D eigenvalue weighted by Gasteiger charge is 2.25. The van der Waals surface area contributed by atoms with Crippen molar-refractivity contribution in [2.45, 2.75) is 6.92 Å². The minimum absolute atomic E-state index is 0.0361. The minimum atomic E-state index is -0.411. The molecule has 1 aliphatic heterocycles. The number of hydrogen-bond donors (Lipinski definition) is 3. The van der Waals surface area contributed by atoms with Crippen LogP contribution in [-0.2, 0) is 9.53 Å². The maximum absolute atomic E-state index is 12.5. The normalized spacial score (nSPS) is 18.5. The van der Waals surface area contributed by atoms with Crippen LogP contribution < -0.4 is 19.9 Å². The van der Waals surface area contributed by atoms with Crippen LogP contribution in [-0.4, -0.2) is 64.9 Å². The molecular formula is C23H31N3O4+2. The van der Waals surface area contributed by atoms with Crippen LogP contribution in [0, 0.1) is 6.92 Å². The molecule has 0 saturated carbocycles. The molecule has 0 spiro atoms. The zero-order chi connectivity index (χ0) is 21.3. The number of carbonyl (C=O) groups is 2. The minimum Gasteiger partial charge on any atom is -0.488 e. The van der Waals surface area contributed by atoms with Gasteiger partial charge in [0, 0.05) is 5.69 Å². The van der Waals surface area contributed by atoms with E-state index in [1.807, 2.05) is 43.3 Å². The number of benzene rings is 2. The molecule has 7 heteroatoms. The first kappa shape index (κ1) is 21.8. The number of ether oxygens (including phenoxy) is 2. The van der Waals surface area contributed by atoms with Crippen LogP contribution in [0.15, 0.2) is 48.5 Å². The van der Waals surface area contributed by atoms with Crippen molar-refractivity contribution in [3.05, 3.63) is 59.7 Å². The average Bonchev–Trinajstić information content (AvgIpc) is 2.76. The second-order valence-electron chi connectivity index (χ2n) is 7.66. The van der Waals surface area contributed by atoms with Crippen LogP contribution in [0.5, 0.6) is 5.75 Å². The van der Waals surface area contributed by atoms with Crippen molar-refractivity contribution in [2.75, 3.05) is 58.3 Å². The number of esters is 1. The van der Waals surface area contributed by atoms with E-state index in [2.05, 4.69) is 5.32 Å². The lowest BCUT2D eigenvalue weighted by Gasteiger charge is -2.29. The Kier molecular flexibility index (Phi) is 7.82. The molecule has 3 N–H and O–H groups in total. The Morgan fingerprint density at radius 3 is 2.40 bits per heavy atom. The Labute approximate surface area is 177 Å². The fourth-order valence-electron chi connectivity index (χ4n) is 3.64. The van der Waals surface area contributed by atoms with Gasteiger partial charge in [0.05, 0.1) is 12.7 Å².